The first kappa shape index (κ1) is 20.4. The zero-order chi connectivity index (χ0) is 18.0. The molecule has 6 heteroatoms. The fourth-order valence-electron chi connectivity index (χ4n) is 2.47. The van der Waals surface area contributed by atoms with Crippen molar-refractivity contribution in [3.05, 3.63) is 29.3 Å². The van der Waals surface area contributed by atoms with Crippen LogP contribution in [0, 0.1) is 0 Å². The molecule has 6 nitrogen and oxygen atoms in total. The molecule has 0 atom stereocenters. The van der Waals surface area contributed by atoms with Gasteiger partial charge < -0.3 is 26.4 Å². The van der Waals surface area contributed by atoms with Crippen molar-refractivity contribution < 1.29 is 9.53 Å². The molecule has 0 aliphatic carbocycles. The van der Waals surface area contributed by atoms with Crippen molar-refractivity contribution in [3.8, 4) is 0 Å². The topological polar surface area (TPSA) is 93.6 Å². The van der Waals surface area contributed by atoms with E-state index in [9.17, 15) is 4.79 Å². The van der Waals surface area contributed by atoms with Gasteiger partial charge >= 0.3 is 0 Å². The van der Waals surface area contributed by atoms with Crippen LogP contribution in [-0.2, 0) is 22.5 Å². The number of rotatable bonds is 5. The summed E-state index contributed by atoms with van der Waals surface area (Å²) in [6, 6.07) is 6.58. The van der Waals surface area contributed by atoms with Gasteiger partial charge in [-0.3, -0.25) is 4.79 Å². The second-order valence-electron chi connectivity index (χ2n) is 6.76. The highest BCUT2D eigenvalue weighted by molar-refractivity contribution is 5.51. The van der Waals surface area contributed by atoms with E-state index < -0.39 is 0 Å². The lowest BCUT2D eigenvalue weighted by atomic mass is 10.0. The third-order valence-corrected chi connectivity index (χ3v) is 3.71. The number of nitrogens with two attached hydrogens (primary N) is 2. The van der Waals surface area contributed by atoms with E-state index in [1.807, 2.05) is 20.8 Å². The van der Waals surface area contributed by atoms with Gasteiger partial charge in [0.05, 0.1) is 0 Å². The van der Waals surface area contributed by atoms with Crippen LogP contribution in [0.4, 0.5) is 5.69 Å². The Morgan fingerprint density at radius 1 is 1.21 bits per heavy atom. The summed E-state index contributed by atoms with van der Waals surface area (Å²) in [5.74, 6) is 0. The summed E-state index contributed by atoms with van der Waals surface area (Å²) in [6.45, 7) is 11.4. The second-order valence-corrected chi connectivity index (χ2v) is 6.76. The highest BCUT2D eigenvalue weighted by atomic mass is 16.5. The average Bonchev–Trinajstić information content (AvgIpc) is 2.56. The van der Waals surface area contributed by atoms with Gasteiger partial charge in [0.2, 0.25) is 0 Å². The molecule has 1 aromatic rings. The number of hydrogen-bond donors (Lipinski definition) is 3. The molecule has 1 saturated heterocycles. The van der Waals surface area contributed by atoms with Gasteiger partial charge in [-0.1, -0.05) is 6.07 Å². The predicted octanol–water partition coefficient (Wildman–Crippen LogP) is 1.01. The van der Waals surface area contributed by atoms with E-state index in [2.05, 4.69) is 33.2 Å². The summed E-state index contributed by atoms with van der Waals surface area (Å²) in [6.07, 6.45) is 0.911. The average molecular weight is 336 g/mol. The zero-order valence-corrected chi connectivity index (χ0v) is 15.2. The minimum Gasteiger partial charge on any atom is -0.462 e. The molecule has 1 aliphatic rings. The van der Waals surface area contributed by atoms with E-state index in [4.69, 9.17) is 11.5 Å². The summed E-state index contributed by atoms with van der Waals surface area (Å²) >= 11 is 0. The van der Waals surface area contributed by atoms with Crippen molar-refractivity contribution in [2.45, 2.75) is 39.3 Å². The van der Waals surface area contributed by atoms with Gasteiger partial charge in [0.25, 0.3) is 6.47 Å². The zero-order valence-electron chi connectivity index (χ0n) is 15.2. The van der Waals surface area contributed by atoms with Gasteiger partial charge in [-0.05, 0) is 57.0 Å². The Morgan fingerprint density at radius 3 is 2.33 bits per heavy atom. The van der Waals surface area contributed by atoms with Gasteiger partial charge in [-0.2, -0.15) is 0 Å². The number of hydrogen-bond acceptors (Lipinski definition) is 6. The second kappa shape index (κ2) is 10.3. The van der Waals surface area contributed by atoms with Gasteiger partial charge in [0.1, 0.15) is 5.60 Å². The molecule has 0 saturated carbocycles. The molecule has 1 aliphatic heterocycles. The van der Waals surface area contributed by atoms with Crippen molar-refractivity contribution in [1.82, 2.24) is 5.32 Å². The predicted molar refractivity (Wildman–Crippen MR) is 99.1 cm³/mol. The Hall–Kier alpha value is -1.63. The minimum absolute atomic E-state index is 0.318. The molecular weight excluding hydrogens is 304 g/mol. The van der Waals surface area contributed by atoms with Crippen LogP contribution >= 0.6 is 0 Å². The van der Waals surface area contributed by atoms with Crippen LogP contribution in [0.2, 0.25) is 0 Å². The maximum Gasteiger partial charge on any atom is 0.293 e. The Balaban J connectivity index is 0.000000351. The van der Waals surface area contributed by atoms with Crippen LogP contribution in [0.5, 0.6) is 0 Å². The van der Waals surface area contributed by atoms with Crippen LogP contribution < -0.4 is 21.7 Å². The van der Waals surface area contributed by atoms with Crippen LogP contribution in [0.1, 0.15) is 31.9 Å². The number of anilines is 1. The Morgan fingerprint density at radius 2 is 1.88 bits per heavy atom. The third-order valence-electron chi connectivity index (χ3n) is 3.71. The number of benzene rings is 1. The summed E-state index contributed by atoms with van der Waals surface area (Å²) in [5, 5.41) is 3.36. The monoisotopic (exact) mass is 336 g/mol. The fourth-order valence-corrected chi connectivity index (χ4v) is 2.47. The number of nitrogens with one attached hydrogen (secondary N) is 1. The Bertz CT molecular complexity index is 494. The van der Waals surface area contributed by atoms with E-state index in [-0.39, 0.29) is 5.60 Å². The van der Waals surface area contributed by atoms with Crippen molar-refractivity contribution in [1.29, 1.82) is 0 Å². The smallest absolute Gasteiger partial charge is 0.293 e. The molecule has 5 N–H and O–H groups in total. The van der Waals surface area contributed by atoms with Gasteiger partial charge in [-0.15, -0.1) is 0 Å². The fraction of sp³-hybridized carbons (Fsp3) is 0.611. The van der Waals surface area contributed by atoms with E-state index in [1.54, 1.807) is 0 Å². The normalized spacial score (nSPS) is 14.6. The highest BCUT2D eigenvalue weighted by Gasteiger charge is 2.11. The quantitative estimate of drug-likeness (QED) is 0.695. The molecular formula is C18H32N4O2. The molecule has 1 aromatic carbocycles. The molecule has 0 radical (unpaired) electrons. The molecule has 2 rings (SSSR count). The van der Waals surface area contributed by atoms with Crippen LogP contribution in [0.25, 0.3) is 0 Å². The summed E-state index contributed by atoms with van der Waals surface area (Å²) in [5.41, 5.74) is 14.9. The van der Waals surface area contributed by atoms with E-state index >= 15 is 0 Å². The van der Waals surface area contributed by atoms with E-state index in [1.165, 1.54) is 16.8 Å². The lowest BCUT2D eigenvalue weighted by Crippen LogP contribution is -2.43. The van der Waals surface area contributed by atoms with Gasteiger partial charge in [-0.25, -0.2) is 0 Å². The number of piperazine rings is 1. The molecule has 24 heavy (non-hydrogen) atoms. The largest absolute Gasteiger partial charge is 0.462 e. The minimum atomic E-state index is -0.318. The van der Waals surface area contributed by atoms with Crippen molar-refractivity contribution in [2.24, 2.45) is 11.5 Å². The maximum absolute atomic E-state index is 9.60. The summed E-state index contributed by atoms with van der Waals surface area (Å²) < 4.78 is 4.55. The van der Waals surface area contributed by atoms with Crippen molar-refractivity contribution in [2.75, 3.05) is 37.6 Å². The number of carbonyl (C=O) groups excluding carboxylic acids is 1. The molecule has 136 valence electrons. The molecule has 0 aromatic heterocycles. The molecule has 0 bridgehead atoms. The number of nitrogens with zero attached hydrogens (tertiary/aromatic N) is 1. The first-order valence-corrected chi connectivity index (χ1v) is 8.50. The molecule has 1 fully saturated rings. The Labute approximate surface area is 145 Å². The first-order valence-electron chi connectivity index (χ1n) is 8.50. The van der Waals surface area contributed by atoms with Gasteiger partial charge in [0.15, 0.2) is 0 Å². The molecule has 0 unspecified atom stereocenters. The Kier molecular flexibility index (Phi) is 8.74. The summed E-state index contributed by atoms with van der Waals surface area (Å²) in [7, 11) is 0. The number of carbonyl (C=O) groups is 1. The molecule has 0 amide bonds. The molecule has 0 spiro atoms. The van der Waals surface area contributed by atoms with E-state index in [0.29, 0.717) is 19.6 Å². The SMILES string of the molecule is CC(C)(C)OC=O.NCCc1ccc(N2CCNCC2)cc1CN. The molecule has 1 heterocycles. The highest BCUT2D eigenvalue weighted by Crippen LogP contribution is 2.20. The van der Waals surface area contributed by atoms with Crippen LogP contribution in [-0.4, -0.2) is 44.8 Å². The van der Waals surface area contributed by atoms with Crippen molar-refractivity contribution in [3.63, 3.8) is 0 Å². The lowest BCUT2D eigenvalue weighted by Gasteiger charge is -2.30. The number of ether oxygens (including phenoxy) is 1. The van der Waals surface area contributed by atoms with E-state index in [0.717, 1.165) is 32.6 Å². The third kappa shape index (κ3) is 7.29. The lowest BCUT2D eigenvalue weighted by molar-refractivity contribution is -0.138. The van der Waals surface area contributed by atoms with Gasteiger partial charge in [0, 0.05) is 38.4 Å². The van der Waals surface area contributed by atoms with Crippen molar-refractivity contribution >= 4 is 12.2 Å². The standard InChI is InChI=1S/C13H22N4.C5H10O2/c14-4-3-11-1-2-13(9-12(11)10-15)17-7-5-16-6-8-17;1-5(2,3)7-4-6/h1-2,9,16H,3-8,10,14-15H2;4H,1-3H3. The van der Waals surface area contributed by atoms with Crippen LogP contribution in [0.15, 0.2) is 18.2 Å². The van der Waals surface area contributed by atoms with Crippen LogP contribution in [0.3, 0.4) is 0 Å². The summed E-state index contributed by atoms with van der Waals surface area (Å²) in [4.78, 5) is 12.0. The maximum atomic E-state index is 9.60. The first-order chi connectivity index (χ1) is 11.4.